The third-order valence-electron chi connectivity index (χ3n) is 6.05. The molecule has 2 atom stereocenters. The van der Waals surface area contributed by atoms with E-state index in [1.165, 1.54) is 24.1 Å². The van der Waals surface area contributed by atoms with Gasteiger partial charge in [0.25, 0.3) is 0 Å². The summed E-state index contributed by atoms with van der Waals surface area (Å²) >= 11 is 0. The minimum atomic E-state index is -0.0207. The SMILES string of the molecule is CCCC(Nc1nc(C)cc(Nc2cc(C3CC3)[nH]n2)n1)C1=CC(c2ccccc2)N(C)O1. The smallest absolute Gasteiger partial charge is 0.225 e. The highest BCUT2D eigenvalue weighted by Gasteiger charge is 2.30. The van der Waals surface area contributed by atoms with E-state index in [4.69, 9.17) is 9.82 Å². The summed E-state index contributed by atoms with van der Waals surface area (Å²) in [6, 6.07) is 14.4. The van der Waals surface area contributed by atoms with E-state index in [1.807, 2.05) is 31.2 Å². The molecule has 0 saturated heterocycles. The molecule has 8 heteroatoms. The van der Waals surface area contributed by atoms with Crippen LogP contribution in [0.2, 0.25) is 0 Å². The van der Waals surface area contributed by atoms with Crippen molar-refractivity contribution in [1.29, 1.82) is 0 Å². The van der Waals surface area contributed by atoms with E-state index >= 15 is 0 Å². The number of nitrogens with one attached hydrogen (secondary N) is 3. The first kappa shape index (κ1) is 21.5. The van der Waals surface area contributed by atoms with Crippen molar-refractivity contribution in [2.45, 2.75) is 57.5 Å². The van der Waals surface area contributed by atoms with E-state index in [0.717, 1.165) is 35.9 Å². The first-order valence-corrected chi connectivity index (χ1v) is 11.7. The Bertz CT molecular complexity index is 1120. The maximum Gasteiger partial charge on any atom is 0.225 e. The molecule has 1 fully saturated rings. The van der Waals surface area contributed by atoms with Crippen LogP contribution >= 0.6 is 0 Å². The highest BCUT2D eigenvalue weighted by molar-refractivity contribution is 5.54. The topological polar surface area (TPSA) is 91.0 Å². The maximum absolute atomic E-state index is 6.15. The summed E-state index contributed by atoms with van der Waals surface area (Å²) in [5, 5.41) is 16.2. The van der Waals surface area contributed by atoms with E-state index < -0.39 is 0 Å². The van der Waals surface area contributed by atoms with Crippen molar-refractivity contribution in [3.8, 4) is 0 Å². The van der Waals surface area contributed by atoms with Crippen LogP contribution in [-0.2, 0) is 4.84 Å². The number of H-pyrrole nitrogens is 1. The number of likely N-dealkylation sites (N-methyl/N-ethyl adjacent to an activating group) is 1. The predicted octanol–water partition coefficient (Wildman–Crippen LogP) is 5.21. The second-order valence-corrected chi connectivity index (χ2v) is 8.87. The van der Waals surface area contributed by atoms with Gasteiger partial charge in [-0.25, -0.2) is 4.98 Å². The zero-order valence-electron chi connectivity index (χ0n) is 19.4. The lowest BCUT2D eigenvalue weighted by atomic mass is 10.0. The third kappa shape index (κ3) is 5.01. The normalized spacial score (nSPS) is 19.1. The molecular weight excluding hydrogens is 414 g/mol. The average Bonchev–Trinajstić information content (AvgIpc) is 3.43. The molecule has 3 N–H and O–H groups in total. The fourth-order valence-corrected chi connectivity index (χ4v) is 4.21. The van der Waals surface area contributed by atoms with Gasteiger partial charge in [-0.05, 0) is 37.8 Å². The van der Waals surface area contributed by atoms with Crippen LogP contribution in [0.3, 0.4) is 0 Å². The zero-order chi connectivity index (χ0) is 22.8. The summed E-state index contributed by atoms with van der Waals surface area (Å²) in [6.07, 6.45) is 6.57. The van der Waals surface area contributed by atoms with E-state index in [9.17, 15) is 0 Å². The summed E-state index contributed by atoms with van der Waals surface area (Å²) in [4.78, 5) is 15.5. The van der Waals surface area contributed by atoms with Crippen LogP contribution in [0.1, 0.15) is 61.5 Å². The van der Waals surface area contributed by atoms with E-state index in [2.05, 4.69) is 69.1 Å². The van der Waals surface area contributed by atoms with Gasteiger partial charge in [0, 0.05) is 36.5 Å². The maximum atomic E-state index is 6.15. The van der Waals surface area contributed by atoms with Crippen molar-refractivity contribution in [3.63, 3.8) is 0 Å². The number of aryl methyl sites for hydroxylation is 1. The van der Waals surface area contributed by atoms with Gasteiger partial charge in [0.1, 0.15) is 11.6 Å². The lowest BCUT2D eigenvalue weighted by Crippen LogP contribution is -2.26. The molecule has 1 saturated carbocycles. The first-order chi connectivity index (χ1) is 16.1. The van der Waals surface area contributed by atoms with Crippen LogP contribution in [0.15, 0.2) is 54.3 Å². The molecule has 8 nitrogen and oxygen atoms in total. The van der Waals surface area contributed by atoms with Crippen LogP contribution in [0.4, 0.5) is 17.6 Å². The summed E-state index contributed by atoms with van der Waals surface area (Å²) in [7, 11) is 1.97. The van der Waals surface area contributed by atoms with E-state index in [0.29, 0.717) is 11.9 Å². The van der Waals surface area contributed by atoms with Gasteiger partial charge in [-0.15, -0.1) is 5.06 Å². The lowest BCUT2D eigenvalue weighted by Gasteiger charge is -2.22. The standard InChI is InChI=1S/C25H31N7O/c1-4-8-19(22-15-21(32(3)33-22)18-9-6-5-7-10-18)27-25-26-16(2)13-23(29-25)28-24-14-20(30-31-24)17-11-12-17/h5-7,9-10,13-15,17,19,21H,4,8,11-12H2,1-3H3,(H3,26,27,28,29,30,31). The fraction of sp³-hybridized carbons (Fsp3) is 0.400. The molecule has 3 aromatic rings. The van der Waals surface area contributed by atoms with Gasteiger partial charge in [0.15, 0.2) is 5.82 Å². The molecule has 1 aliphatic heterocycles. The molecule has 0 amide bonds. The Kier molecular flexibility index (Phi) is 6.00. The van der Waals surface area contributed by atoms with Gasteiger partial charge in [-0.3, -0.25) is 5.10 Å². The van der Waals surface area contributed by atoms with Crippen molar-refractivity contribution in [2.24, 2.45) is 0 Å². The molecular formula is C25H31N7O. The van der Waals surface area contributed by atoms with Gasteiger partial charge in [0.05, 0.1) is 12.1 Å². The van der Waals surface area contributed by atoms with Gasteiger partial charge in [-0.2, -0.15) is 10.1 Å². The molecule has 2 aliphatic rings. The van der Waals surface area contributed by atoms with E-state index in [-0.39, 0.29) is 12.1 Å². The molecule has 0 bridgehead atoms. The molecule has 2 unspecified atom stereocenters. The van der Waals surface area contributed by atoms with Crippen molar-refractivity contribution >= 4 is 17.6 Å². The van der Waals surface area contributed by atoms with Gasteiger partial charge >= 0.3 is 0 Å². The number of benzene rings is 1. The number of aromatic amines is 1. The van der Waals surface area contributed by atoms with Crippen molar-refractivity contribution in [1.82, 2.24) is 25.2 Å². The largest absolute Gasteiger partial charge is 0.408 e. The van der Waals surface area contributed by atoms with Gasteiger partial charge < -0.3 is 15.5 Å². The summed E-state index contributed by atoms with van der Waals surface area (Å²) in [5.74, 6) is 3.60. The molecule has 1 aromatic carbocycles. The molecule has 2 aromatic heterocycles. The van der Waals surface area contributed by atoms with Crippen LogP contribution in [0.25, 0.3) is 0 Å². The zero-order valence-corrected chi connectivity index (χ0v) is 19.4. The number of hydroxylamine groups is 2. The number of hydrogen-bond donors (Lipinski definition) is 3. The van der Waals surface area contributed by atoms with E-state index in [1.54, 1.807) is 0 Å². The second-order valence-electron chi connectivity index (χ2n) is 8.87. The fourth-order valence-electron chi connectivity index (χ4n) is 4.21. The van der Waals surface area contributed by atoms with Gasteiger partial charge in [-0.1, -0.05) is 43.7 Å². The van der Waals surface area contributed by atoms with Crippen molar-refractivity contribution in [3.05, 3.63) is 71.3 Å². The molecule has 0 radical (unpaired) electrons. The van der Waals surface area contributed by atoms with Crippen molar-refractivity contribution in [2.75, 3.05) is 17.7 Å². The Balaban J connectivity index is 1.33. The molecule has 0 spiro atoms. The highest BCUT2D eigenvalue weighted by atomic mass is 16.7. The number of rotatable bonds is 9. The number of hydrogen-bond acceptors (Lipinski definition) is 7. The number of anilines is 3. The summed E-state index contributed by atoms with van der Waals surface area (Å²) in [5.41, 5.74) is 3.27. The molecule has 1 aliphatic carbocycles. The Labute approximate surface area is 194 Å². The average molecular weight is 446 g/mol. The van der Waals surface area contributed by atoms with Crippen LogP contribution < -0.4 is 10.6 Å². The molecule has 3 heterocycles. The quantitative estimate of drug-likeness (QED) is 0.416. The monoisotopic (exact) mass is 445 g/mol. The highest BCUT2D eigenvalue weighted by Crippen LogP contribution is 2.39. The summed E-state index contributed by atoms with van der Waals surface area (Å²) in [6.45, 7) is 4.14. The van der Waals surface area contributed by atoms with Gasteiger partial charge in [0.2, 0.25) is 5.95 Å². The van der Waals surface area contributed by atoms with Crippen LogP contribution in [-0.4, -0.2) is 38.3 Å². The first-order valence-electron chi connectivity index (χ1n) is 11.7. The van der Waals surface area contributed by atoms with Crippen molar-refractivity contribution < 1.29 is 4.84 Å². The Morgan fingerprint density at radius 1 is 1.15 bits per heavy atom. The Hall–Kier alpha value is -3.39. The third-order valence-corrected chi connectivity index (χ3v) is 6.05. The molecule has 172 valence electrons. The number of aromatic nitrogens is 4. The number of nitrogens with zero attached hydrogens (tertiary/aromatic N) is 4. The predicted molar refractivity (Wildman–Crippen MR) is 129 cm³/mol. The molecule has 5 rings (SSSR count). The molecule has 33 heavy (non-hydrogen) atoms. The van der Waals surface area contributed by atoms with Crippen LogP contribution in [0.5, 0.6) is 0 Å². The Morgan fingerprint density at radius 2 is 1.97 bits per heavy atom. The summed E-state index contributed by atoms with van der Waals surface area (Å²) < 4.78 is 0. The Morgan fingerprint density at radius 3 is 2.73 bits per heavy atom. The minimum absolute atomic E-state index is 0.0207. The minimum Gasteiger partial charge on any atom is -0.408 e. The second kappa shape index (κ2) is 9.23. The van der Waals surface area contributed by atoms with Crippen LogP contribution in [0, 0.1) is 6.92 Å². The lowest BCUT2D eigenvalue weighted by molar-refractivity contribution is -0.0989.